The molecule has 0 amide bonds. The van der Waals surface area contributed by atoms with Crippen LogP contribution in [0, 0.1) is 0 Å². The average molecular weight is 664 g/mol. The Bertz CT molecular complexity index is 2570. The van der Waals surface area contributed by atoms with Crippen molar-refractivity contribution >= 4 is 10.8 Å². The Morgan fingerprint density at radius 2 is 0.577 bits per heavy atom. The highest BCUT2D eigenvalue weighted by Gasteiger charge is 2.14. The Balaban J connectivity index is 1.14. The molecule has 52 heavy (non-hydrogen) atoms. The van der Waals surface area contributed by atoms with Crippen LogP contribution in [-0.2, 0) is 0 Å². The largest absolute Gasteiger partial charge is 0.208 e. The van der Waals surface area contributed by atoms with E-state index in [9.17, 15) is 0 Å². The topological polar surface area (TPSA) is 38.7 Å². The van der Waals surface area contributed by atoms with Gasteiger partial charge < -0.3 is 0 Å². The van der Waals surface area contributed by atoms with Crippen molar-refractivity contribution < 1.29 is 0 Å². The van der Waals surface area contributed by atoms with Gasteiger partial charge in [-0.15, -0.1) is 0 Å². The number of aromatic nitrogens is 3. The molecule has 0 saturated heterocycles. The van der Waals surface area contributed by atoms with Crippen LogP contribution in [0.3, 0.4) is 0 Å². The van der Waals surface area contributed by atoms with Crippen LogP contribution in [0.15, 0.2) is 200 Å². The number of nitrogens with zero attached hydrogens (tertiary/aromatic N) is 3. The maximum absolute atomic E-state index is 4.95. The van der Waals surface area contributed by atoms with Crippen molar-refractivity contribution in [1.82, 2.24) is 15.0 Å². The summed E-state index contributed by atoms with van der Waals surface area (Å²) in [6.45, 7) is 0. The van der Waals surface area contributed by atoms with Gasteiger partial charge in [-0.2, -0.15) is 0 Å². The third-order valence-electron chi connectivity index (χ3n) is 9.53. The standard InChI is InChI=1S/C49H33N3/c1-4-13-34(14-5-1)35-23-25-36(26-24-35)42-31-43(33-44(32-42)46-22-12-20-38-15-10-11-21-45(38)46)37-27-29-41(30-28-37)49-51-47(39-16-6-2-7-17-39)50-48(52-49)40-18-8-3-9-19-40/h1-33H. The summed E-state index contributed by atoms with van der Waals surface area (Å²) in [5.41, 5.74) is 12.3. The van der Waals surface area contributed by atoms with Gasteiger partial charge in [0.05, 0.1) is 0 Å². The molecule has 9 rings (SSSR count). The Labute approximate surface area is 303 Å². The van der Waals surface area contributed by atoms with Crippen LogP contribution in [-0.4, -0.2) is 15.0 Å². The van der Waals surface area contributed by atoms with E-state index in [1.54, 1.807) is 0 Å². The number of fused-ring (bicyclic) bond motifs is 1. The summed E-state index contributed by atoms with van der Waals surface area (Å²) in [4.78, 5) is 14.8. The second kappa shape index (κ2) is 13.7. The summed E-state index contributed by atoms with van der Waals surface area (Å²) in [5.74, 6) is 1.95. The lowest BCUT2D eigenvalue weighted by molar-refractivity contribution is 1.07. The Kier molecular flexibility index (Phi) is 8.20. The van der Waals surface area contributed by atoms with Crippen molar-refractivity contribution in [3.63, 3.8) is 0 Å². The molecule has 0 aliphatic rings. The van der Waals surface area contributed by atoms with E-state index in [4.69, 9.17) is 15.0 Å². The fourth-order valence-corrected chi connectivity index (χ4v) is 6.83. The predicted molar refractivity (Wildman–Crippen MR) is 215 cm³/mol. The van der Waals surface area contributed by atoms with E-state index in [1.165, 1.54) is 44.2 Å². The maximum atomic E-state index is 4.95. The van der Waals surface area contributed by atoms with Gasteiger partial charge >= 0.3 is 0 Å². The van der Waals surface area contributed by atoms with Crippen LogP contribution >= 0.6 is 0 Å². The van der Waals surface area contributed by atoms with Gasteiger partial charge in [-0.05, 0) is 73.5 Å². The molecular formula is C49H33N3. The van der Waals surface area contributed by atoms with Crippen molar-refractivity contribution in [1.29, 1.82) is 0 Å². The van der Waals surface area contributed by atoms with Gasteiger partial charge in [-0.25, -0.2) is 15.0 Å². The molecule has 0 aliphatic heterocycles. The highest BCUT2D eigenvalue weighted by molar-refractivity contribution is 5.98. The summed E-state index contributed by atoms with van der Waals surface area (Å²) < 4.78 is 0. The Morgan fingerprint density at radius 1 is 0.231 bits per heavy atom. The SMILES string of the molecule is c1ccc(-c2ccc(-c3cc(-c4ccc(-c5nc(-c6ccccc6)nc(-c6ccccc6)n5)cc4)cc(-c4cccc5ccccc45)c3)cc2)cc1. The highest BCUT2D eigenvalue weighted by atomic mass is 15.0. The Morgan fingerprint density at radius 3 is 1.10 bits per heavy atom. The first-order valence-corrected chi connectivity index (χ1v) is 17.5. The molecule has 1 aromatic heterocycles. The molecule has 0 saturated carbocycles. The summed E-state index contributed by atoms with van der Waals surface area (Å²) >= 11 is 0. The zero-order valence-electron chi connectivity index (χ0n) is 28.4. The molecule has 0 unspecified atom stereocenters. The molecular weight excluding hydrogens is 631 g/mol. The third-order valence-corrected chi connectivity index (χ3v) is 9.53. The molecule has 0 fully saturated rings. The maximum Gasteiger partial charge on any atom is 0.164 e. The first-order valence-electron chi connectivity index (χ1n) is 17.5. The third kappa shape index (κ3) is 6.28. The van der Waals surface area contributed by atoms with E-state index in [0.29, 0.717) is 17.5 Å². The van der Waals surface area contributed by atoms with E-state index >= 15 is 0 Å². The highest BCUT2D eigenvalue weighted by Crippen LogP contribution is 2.37. The van der Waals surface area contributed by atoms with E-state index in [0.717, 1.165) is 27.8 Å². The lowest BCUT2D eigenvalue weighted by Gasteiger charge is -2.14. The minimum atomic E-state index is 0.642. The van der Waals surface area contributed by atoms with Gasteiger partial charge in [0.15, 0.2) is 17.5 Å². The quantitative estimate of drug-likeness (QED) is 0.170. The molecule has 3 heteroatoms. The van der Waals surface area contributed by atoms with Crippen LogP contribution in [0.1, 0.15) is 0 Å². The van der Waals surface area contributed by atoms with Crippen LogP contribution in [0.4, 0.5) is 0 Å². The first kappa shape index (κ1) is 31.0. The van der Waals surface area contributed by atoms with Crippen LogP contribution in [0.5, 0.6) is 0 Å². The van der Waals surface area contributed by atoms with Crippen LogP contribution in [0.2, 0.25) is 0 Å². The van der Waals surface area contributed by atoms with E-state index in [-0.39, 0.29) is 0 Å². The molecule has 1 heterocycles. The van der Waals surface area contributed by atoms with Crippen molar-refractivity contribution in [2.75, 3.05) is 0 Å². The fraction of sp³-hybridized carbons (Fsp3) is 0. The molecule has 0 bridgehead atoms. The smallest absolute Gasteiger partial charge is 0.164 e. The van der Waals surface area contributed by atoms with Crippen molar-refractivity contribution in [2.24, 2.45) is 0 Å². The van der Waals surface area contributed by atoms with Crippen LogP contribution in [0.25, 0.3) is 89.4 Å². The average Bonchev–Trinajstić information content (AvgIpc) is 3.24. The van der Waals surface area contributed by atoms with Gasteiger partial charge in [0.1, 0.15) is 0 Å². The van der Waals surface area contributed by atoms with Crippen molar-refractivity contribution in [2.45, 2.75) is 0 Å². The molecule has 0 N–H and O–H groups in total. The molecule has 8 aromatic carbocycles. The van der Waals surface area contributed by atoms with Gasteiger partial charge in [0, 0.05) is 16.7 Å². The molecule has 0 aliphatic carbocycles. The lowest BCUT2D eigenvalue weighted by atomic mass is 9.90. The summed E-state index contributed by atoms with van der Waals surface area (Å²) in [5, 5.41) is 2.46. The fourth-order valence-electron chi connectivity index (χ4n) is 6.83. The van der Waals surface area contributed by atoms with Crippen molar-refractivity contribution in [3.8, 4) is 78.7 Å². The molecule has 244 valence electrons. The minimum Gasteiger partial charge on any atom is -0.208 e. The zero-order chi connectivity index (χ0) is 34.7. The normalized spacial score (nSPS) is 11.1. The van der Waals surface area contributed by atoms with Crippen molar-refractivity contribution in [3.05, 3.63) is 200 Å². The van der Waals surface area contributed by atoms with Crippen LogP contribution < -0.4 is 0 Å². The molecule has 0 atom stereocenters. The summed E-state index contributed by atoms with van der Waals surface area (Å²) in [6, 6.07) is 70.3. The number of hydrogen-bond donors (Lipinski definition) is 0. The van der Waals surface area contributed by atoms with E-state index < -0.39 is 0 Å². The lowest BCUT2D eigenvalue weighted by Crippen LogP contribution is -2.00. The minimum absolute atomic E-state index is 0.642. The van der Waals surface area contributed by atoms with Gasteiger partial charge in [-0.1, -0.05) is 182 Å². The second-order valence-corrected chi connectivity index (χ2v) is 12.9. The van der Waals surface area contributed by atoms with E-state index in [1.807, 2.05) is 60.7 Å². The predicted octanol–water partition coefficient (Wildman–Crippen LogP) is 12.7. The molecule has 0 spiro atoms. The van der Waals surface area contributed by atoms with Gasteiger partial charge in [-0.3, -0.25) is 0 Å². The monoisotopic (exact) mass is 663 g/mol. The number of hydrogen-bond acceptors (Lipinski definition) is 3. The number of rotatable bonds is 7. The molecule has 9 aromatic rings. The molecule has 0 radical (unpaired) electrons. The molecule has 3 nitrogen and oxygen atoms in total. The summed E-state index contributed by atoms with van der Waals surface area (Å²) in [7, 11) is 0. The van der Waals surface area contributed by atoms with E-state index in [2.05, 4.69) is 140 Å². The summed E-state index contributed by atoms with van der Waals surface area (Å²) in [6.07, 6.45) is 0. The van der Waals surface area contributed by atoms with Gasteiger partial charge in [0.2, 0.25) is 0 Å². The first-order chi connectivity index (χ1) is 25.7. The number of benzene rings is 8. The Hall–Kier alpha value is -6.97. The second-order valence-electron chi connectivity index (χ2n) is 12.9. The van der Waals surface area contributed by atoms with Gasteiger partial charge in [0.25, 0.3) is 0 Å². The zero-order valence-corrected chi connectivity index (χ0v) is 28.4.